The molecule has 0 unspecified atom stereocenters. The third kappa shape index (κ3) is 4.11. The van der Waals surface area contributed by atoms with Gasteiger partial charge in [0.05, 0.1) is 16.8 Å². The van der Waals surface area contributed by atoms with Crippen LogP contribution in [0.5, 0.6) is 0 Å². The fourth-order valence-corrected chi connectivity index (χ4v) is 9.28. The van der Waals surface area contributed by atoms with E-state index >= 15 is 0 Å². The first-order chi connectivity index (χ1) is 26.8. The molecule has 0 saturated carbocycles. The van der Waals surface area contributed by atoms with Crippen molar-refractivity contribution >= 4 is 104 Å². The summed E-state index contributed by atoms with van der Waals surface area (Å²) in [5, 5.41) is 17.4. The van der Waals surface area contributed by atoms with Crippen molar-refractivity contribution in [3.63, 3.8) is 0 Å². The second-order valence-electron chi connectivity index (χ2n) is 14.4. The van der Waals surface area contributed by atoms with E-state index in [1.165, 1.54) is 70.2 Å². The first-order valence-electron chi connectivity index (χ1n) is 18.6. The Hall–Kier alpha value is -7.16. The number of hydrogen-bond acceptors (Lipinski definition) is 2. The van der Waals surface area contributed by atoms with Gasteiger partial charge in [0.25, 0.3) is 0 Å². The Kier molecular flexibility index (Phi) is 6.09. The van der Waals surface area contributed by atoms with Gasteiger partial charge in [-0.25, -0.2) is 0 Å². The molecule has 2 nitrogen and oxygen atoms in total. The molecule has 0 spiro atoms. The van der Waals surface area contributed by atoms with Crippen LogP contribution in [0.4, 0.5) is 17.1 Å². The first kappa shape index (κ1) is 29.4. The molecule has 1 heterocycles. The van der Waals surface area contributed by atoms with Crippen LogP contribution >= 0.6 is 0 Å². The molecule has 0 aliphatic heterocycles. The van der Waals surface area contributed by atoms with Crippen LogP contribution in [0, 0.1) is 0 Å². The molecule has 12 aromatic rings. The van der Waals surface area contributed by atoms with E-state index in [1.54, 1.807) is 0 Å². The number of furan rings is 1. The molecule has 0 amide bonds. The van der Waals surface area contributed by atoms with Crippen LogP contribution in [-0.2, 0) is 0 Å². The van der Waals surface area contributed by atoms with Gasteiger partial charge in [-0.15, -0.1) is 0 Å². The molecule has 0 aliphatic rings. The summed E-state index contributed by atoms with van der Waals surface area (Å²) in [4.78, 5) is 2.46. The van der Waals surface area contributed by atoms with Gasteiger partial charge < -0.3 is 9.32 Å². The van der Waals surface area contributed by atoms with E-state index in [0.29, 0.717) is 0 Å². The maximum atomic E-state index is 6.51. The third-order valence-corrected chi connectivity index (χ3v) is 11.5. The minimum absolute atomic E-state index is 0.870. The third-order valence-electron chi connectivity index (χ3n) is 11.5. The van der Waals surface area contributed by atoms with E-state index in [2.05, 4.69) is 187 Å². The molecule has 12 rings (SSSR count). The summed E-state index contributed by atoms with van der Waals surface area (Å²) in [5.74, 6) is 0. The highest BCUT2D eigenvalue weighted by Gasteiger charge is 2.24. The molecule has 0 radical (unpaired) electrons. The number of hydrogen-bond donors (Lipinski definition) is 0. The molecule has 0 saturated heterocycles. The van der Waals surface area contributed by atoms with Gasteiger partial charge in [0, 0.05) is 16.6 Å². The highest BCUT2D eigenvalue weighted by molar-refractivity contribution is 6.37. The molecule has 11 aromatic carbocycles. The zero-order chi connectivity index (χ0) is 35.3. The second-order valence-corrected chi connectivity index (χ2v) is 14.4. The van der Waals surface area contributed by atoms with Crippen LogP contribution in [0.25, 0.3) is 97.7 Å². The largest absolute Gasteiger partial charge is 0.456 e. The first-order valence-corrected chi connectivity index (χ1v) is 18.6. The molecular weight excluding hydrogens is 655 g/mol. The lowest BCUT2D eigenvalue weighted by Crippen LogP contribution is -2.12. The maximum Gasteiger partial charge on any atom is 0.137 e. The van der Waals surface area contributed by atoms with Gasteiger partial charge in [-0.3, -0.25) is 0 Å². The lowest BCUT2D eigenvalue weighted by atomic mass is 9.87. The summed E-state index contributed by atoms with van der Waals surface area (Å²) in [6, 6.07) is 68.8. The smallest absolute Gasteiger partial charge is 0.137 e. The van der Waals surface area contributed by atoms with E-state index in [9.17, 15) is 0 Å². The standard InChI is InChI=1S/C52H31NO/c1-2-12-32(13-3-1)38-17-4-6-22-44(38)53(45-23-11-25-47-52(45)42-18-5-7-24-46(42)54-47)37-30-36-29-28-35-15-9-20-40-39-19-8-14-33-26-27-34-16-10-21-41(50(34)48(33)39)43(31-37)51(36)49(35)40/h1-31H. The Balaban J connectivity index is 1.29. The van der Waals surface area contributed by atoms with E-state index in [4.69, 9.17) is 4.42 Å². The topological polar surface area (TPSA) is 16.4 Å². The highest BCUT2D eigenvalue weighted by Crippen LogP contribution is 2.49. The van der Waals surface area contributed by atoms with Crippen LogP contribution in [0.3, 0.4) is 0 Å². The summed E-state index contributed by atoms with van der Waals surface area (Å²) < 4.78 is 6.51. The molecule has 250 valence electrons. The summed E-state index contributed by atoms with van der Waals surface area (Å²) in [6.45, 7) is 0. The van der Waals surface area contributed by atoms with Crippen molar-refractivity contribution in [3.05, 3.63) is 188 Å². The number of para-hydroxylation sites is 2. The normalized spacial score (nSPS) is 12.1. The van der Waals surface area contributed by atoms with Gasteiger partial charge in [-0.2, -0.15) is 0 Å². The Labute approximate surface area is 311 Å². The van der Waals surface area contributed by atoms with Crippen LogP contribution in [-0.4, -0.2) is 0 Å². The van der Waals surface area contributed by atoms with Gasteiger partial charge >= 0.3 is 0 Å². The predicted octanol–water partition coefficient (Wildman–Crippen LogP) is 15.1. The van der Waals surface area contributed by atoms with Crippen molar-refractivity contribution in [1.82, 2.24) is 0 Å². The molecule has 0 bridgehead atoms. The van der Waals surface area contributed by atoms with Crippen molar-refractivity contribution in [1.29, 1.82) is 0 Å². The van der Waals surface area contributed by atoms with Gasteiger partial charge in [-0.05, 0) is 107 Å². The molecule has 2 heteroatoms. The molecule has 54 heavy (non-hydrogen) atoms. The maximum absolute atomic E-state index is 6.51. The summed E-state index contributed by atoms with van der Waals surface area (Å²) in [7, 11) is 0. The van der Waals surface area contributed by atoms with E-state index in [-0.39, 0.29) is 0 Å². The molecule has 0 N–H and O–H groups in total. The summed E-state index contributed by atoms with van der Waals surface area (Å²) in [5.41, 5.74) is 7.35. The van der Waals surface area contributed by atoms with Gasteiger partial charge in [0.2, 0.25) is 0 Å². The Morgan fingerprint density at radius 2 is 0.833 bits per heavy atom. The molecule has 1 aromatic heterocycles. The highest BCUT2D eigenvalue weighted by atomic mass is 16.3. The van der Waals surface area contributed by atoms with Crippen molar-refractivity contribution in [3.8, 4) is 11.1 Å². The lowest BCUT2D eigenvalue weighted by Gasteiger charge is -2.29. The summed E-state index contributed by atoms with van der Waals surface area (Å²) >= 11 is 0. The van der Waals surface area contributed by atoms with Gasteiger partial charge in [-0.1, -0.05) is 152 Å². The number of benzene rings is 10. The average Bonchev–Trinajstić information content (AvgIpc) is 3.62. The van der Waals surface area contributed by atoms with Crippen LogP contribution in [0.2, 0.25) is 0 Å². The Morgan fingerprint density at radius 1 is 0.315 bits per heavy atom. The Bertz CT molecular complexity index is 3440. The molecular formula is C52H31NO. The van der Waals surface area contributed by atoms with Crippen LogP contribution in [0.1, 0.15) is 0 Å². The predicted molar refractivity (Wildman–Crippen MR) is 230 cm³/mol. The minimum atomic E-state index is 0.870. The lowest BCUT2D eigenvalue weighted by molar-refractivity contribution is 0.669. The minimum Gasteiger partial charge on any atom is -0.456 e. The zero-order valence-corrected chi connectivity index (χ0v) is 29.3. The van der Waals surface area contributed by atoms with E-state index in [0.717, 1.165) is 44.6 Å². The second kappa shape index (κ2) is 11.2. The molecule has 0 atom stereocenters. The SMILES string of the molecule is c1ccc(-c2ccccc2N(c2cc3ccc4cccc5c6cccc7ccc8cccc(c(c2)c3c45)c8c76)c2cccc3oc4ccccc4c23)cc1. The average molecular weight is 686 g/mol. The van der Waals surface area contributed by atoms with E-state index in [1.807, 2.05) is 6.07 Å². The van der Waals surface area contributed by atoms with Crippen molar-refractivity contribution in [2.24, 2.45) is 0 Å². The quantitative estimate of drug-likeness (QED) is 0.172. The number of anilines is 3. The fraction of sp³-hybridized carbons (Fsp3) is 0. The Morgan fingerprint density at radius 3 is 1.56 bits per heavy atom. The van der Waals surface area contributed by atoms with Crippen LogP contribution in [0.15, 0.2) is 192 Å². The number of fused-ring (bicyclic) bond motifs is 5. The fourth-order valence-electron chi connectivity index (χ4n) is 9.28. The number of nitrogens with zero attached hydrogens (tertiary/aromatic N) is 1. The van der Waals surface area contributed by atoms with Crippen LogP contribution < -0.4 is 4.90 Å². The molecule has 0 aliphatic carbocycles. The monoisotopic (exact) mass is 685 g/mol. The van der Waals surface area contributed by atoms with E-state index < -0.39 is 0 Å². The zero-order valence-electron chi connectivity index (χ0n) is 29.3. The van der Waals surface area contributed by atoms with Crippen molar-refractivity contribution < 1.29 is 4.42 Å². The van der Waals surface area contributed by atoms with Crippen molar-refractivity contribution in [2.45, 2.75) is 0 Å². The molecule has 0 fully saturated rings. The van der Waals surface area contributed by atoms with Crippen molar-refractivity contribution in [2.75, 3.05) is 4.90 Å². The van der Waals surface area contributed by atoms with Gasteiger partial charge in [0.15, 0.2) is 0 Å². The van der Waals surface area contributed by atoms with Gasteiger partial charge in [0.1, 0.15) is 11.2 Å². The summed E-state index contributed by atoms with van der Waals surface area (Å²) in [6.07, 6.45) is 0. The number of rotatable bonds is 4.